The maximum Gasteiger partial charge on any atom is 0.280 e. The summed E-state index contributed by atoms with van der Waals surface area (Å²) < 4.78 is 0. The van der Waals surface area contributed by atoms with Gasteiger partial charge in [-0.1, -0.05) is 45.4 Å². The number of nitrogens with two attached hydrogens (primary N) is 1. The number of hydrogen-bond donors (Lipinski definition) is 1. The van der Waals surface area contributed by atoms with Gasteiger partial charge in [0.25, 0.3) is 5.66 Å². The Morgan fingerprint density at radius 3 is 2.07 bits per heavy atom. The first kappa shape index (κ1) is 13.4. The van der Waals surface area contributed by atoms with Crippen LogP contribution in [0, 0.1) is 6.57 Å². The molecule has 2 heteroatoms. The molecule has 0 aromatic heterocycles. The molecule has 0 amide bonds. The Labute approximate surface area is 88.7 Å². The smallest absolute Gasteiger partial charge is 0.280 e. The first-order chi connectivity index (χ1) is 6.62. The van der Waals surface area contributed by atoms with Gasteiger partial charge in [0.05, 0.1) is 0 Å². The van der Waals surface area contributed by atoms with Crippen molar-refractivity contribution in [2.45, 2.75) is 70.9 Å². The van der Waals surface area contributed by atoms with Crippen LogP contribution in [0.5, 0.6) is 0 Å². The van der Waals surface area contributed by atoms with Gasteiger partial charge in [-0.2, -0.15) is 0 Å². The van der Waals surface area contributed by atoms with Gasteiger partial charge in [0, 0.05) is 13.3 Å². The first-order valence-electron chi connectivity index (χ1n) is 5.80. The highest BCUT2D eigenvalue weighted by Crippen LogP contribution is 2.14. The second kappa shape index (κ2) is 7.82. The summed E-state index contributed by atoms with van der Waals surface area (Å²) in [6.07, 6.45) is 9.83. The molecule has 2 N–H and O–H groups in total. The van der Waals surface area contributed by atoms with Crippen LogP contribution in [0.1, 0.15) is 65.2 Å². The minimum atomic E-state index is -0.622. The van der Waals surface area contributed by atoms with Crippen molar-refractivity contribution in [1.29, 1.82) is 0 Å². The van der Waals surface area contributed by atoms with E-state index in [1.165, 1.54) is 38.5 Å². The zero-order valence-corrected chi connectivity index (χ0v) is 9.68. The van der Waals surface area contributed by atoms with E-state index in [1.807, 2.05) is 6.92 Å². The lowest BCUT2D eigenvalue weighted by molar-refractivity contribution is 0.478. The number of hydrogen-bond acceptors (Lipinski definition) is 1. The SMILES string of the molecule is [C-]#[N+]C(C)(N)CCCCCCCCC. The Bertz CT molecular complexity index is 168. The molecule has 0 radical (unpaired) electrons. The van der Waals surface area contributed by atoms with Crippen LogP contribution in [-0.2, 0) is 0 Å². The minimum Gasteiger partial charge on any atom is -0.293 e. The summed E-state index contributed by atoms with van der Waals surface area (Å²) in [6.45, 7) is 10.9. The van der Waals surface area contributed by atoms with E-state index in [-0.39, 0.29) is 0 Å². The lowest BCUT2D eigenvalue weighted by atomic mass is 10.0. The van der Waals surface area contributed by atoms with Gasteiger partial charge >= 0.3 is 0 Å². The molecule has 0 aliphatic heterocycles. The molecule has 0 bridgehead atoms. The Kier molecular flexibility index (Phi) is 7.51. The van der Waals surface area contributed by atoms with E-state index in [2.05, 4.69) is 11.8 Å². The highest BCUT2D eigenvalue weighted by Gasteiger charge is 2.21. The lowest BCUT2D eigenvalue weighted by Crippen LogP contribution is -2.31. The summed E-state index contributed by atoms with van der Waals surface area (Å²) in [5.41, 5.74) is 5.10. The third-order valence-corrected chi connectivity index (χ3v) is 2.54. The quantitative estimate of drug-likeness (QED) is 0.465. The summed E-state index contributed by atoms with van der Waals surface area (Å²) in [5, 5.41) is 0. The van der Waals surface area contributed by atoms with Crippen LogP contribution in [0.15, 0.2) is 0 Å². The molecule has 0 rings (SSSR count). The summed E-state index contributed by atoms with van der Waals surface area (Å²) in [5.74, 6) is 0. The third-order valence-electron chi connectivity index (χ3n) is 2.54. The van der Waals surface area contributed by atoms with Crippen molar-refractivity contribution >= 4 is 0 Å². The largest absolute Gasteiger partial charge is 0.293 e. The van der Waals surface area contributed by atoms with E-state index in [4.69, 9.17) is 12.3 Å². The predicted molar refractivity (Wildman–Crippen MR) is 61.8 cm³/mol. The second-order valence-electron chi connectivity index (χ2n) is 4.34. The average molecular weight is 196 g/mol. The predicted octanol–water partition coefficient (Wildman–Crippen LogP) is 3.72. The minimum absolute atomic E-state index is 0.622. The van der Waals surface area contributed by atoms with Crippen molar-refractivity contribution < 1.29 is 0 Å². The zero-order valence-electron chi connectivity index (χ0n) is 9.68. The lowest BCUT2D eigenvalue weighted by Gasteiger charge is -2.10. The van der Waals surface area contributed by atoms with Gasteiger partial charge in [0.15, 0.2) is 0 Å². The monoisotopic (exact) mass is 196 g/mol. The summed E-state index contributed by atoms with van der Waals surface area (Å²) in [6, 6.07) is 0. The fourth-order valence-corrected chi connectivity index (χ4v) is 1.50. The highest BCUT2D eigenvalue weighted by molar-refractivity contribution is 4.87. The van der Waals surface area contributed by atoms with Gasteiger partial charge in [-0.15, -0.1) is 0 Å². The molecule has 14 heavy (non-hydrogen) atoms. The second-order valence-corrected chi connectivity index (χ2v) is 4.34. The summed E-state index contributed by atoms with van der Waals surface area (Å²) >= 11 is 0. The van der Waals surface area contributed by atoms with E-state index in [1.54, 1.807) is 0 Å². The molecule has 0 fully saturated rings. The van der Waals surface area contributed by atoms with E-state index in [0.29, 0.717) is 0 Å². The molecule has 0 saturated heterocycles. The third kappa shape index (κ3) is 8.07. The molecule has 2 nitrogen and oxygen atoms in total. The number of unbranched alkanes of at least 4 members (excludes halogenated alkanes) is 6. The molecule has 0 aliphatic carbocycles. The van der Waals surface area contributed by atoms with Gasteiger partial charge < -0.3 is 0 Å². The summed E-state index contributed by atoms with van der Waals surface area (Å²) in [4.78, 5) is 3.40. The van der Waals surface area contributed by atoms with E-state index >= 15 is 0 Å². The Morgan fingerprint density at radius 2 is 1.57 bits per heavy atom. The van der Waals surface area contributed by atoms with Gasteiger partial charge in [-0.25, -0.2) is 6.57 Å². The van der Waals surface area contributed by atoms with Crippen LogP contribution < -0.4 is 5.73 Å². The molecular formula is C12H24N2. The molecule has 1 unspecified atom stereocenters. The Balaban J connectivity index is 3.18. The highest BCUT2D eigenvalue weighted by atomic mass is 15.0. The standard InChI is InChI=1S/C12H24N2/c1-4-5-6-7-8-9-10-11-12(2,13)14-3/h4-11,13H2,1-2H3. The normalized spacial score (nSPS) is 14.7. The average Bonchev–Trinajstić information content (AvgIpc) is 2.16. The van der Waals surface area contributed by atoms with Gasteiger partial charge in [-0.05, 0) is 6.42 Å². The van der Waals surface area contributed by atoms with Crippen LogP contribution in [0.25, 0.3) is 4.85 Å². The molecule has 0 heterocycles. The van der Waals surface area contributed by atoms with Gasteiger partial charge in [0.2, 0.25) is 0 Å². The first-order valence-corrected chi connectivity index (χ1v) is 5.80. The van der Waals surface area contributed by atoms with Crippen LogP contribution in [0.3, 0.4) is 0 Å². The van der Waals surface area contributed by atoms with Crippen LogP contribution in [-0.4, -0.2) is 5.66 Å². The van der Waals surface area contributed by atoms with Crippen molar-refractivity contribution in [3.8, 4) is 0 Å². The molecular weight excluding hydrogens is 172 g/mol. The van der Waals surface area contributed by atoms with Gasteiger partial charge in [0.1, 0.15) is 0 Å². The van der Waals surface area contributed by atoms with E-state index < -0.39 is 5.66 Å². The molecule has 0 spiro atoms. The van der Waals surface area contributed by atoms with Crippen molar-refractivity contribution in [3.63, 3.8) is 0 Å². The van der Waals surface area contributed by atoms with Crippen molar-refractivity contribution in [1.82, 2.24) is 0 Å². The molecule has 0 aromatic rings. The molecule has 0 saturated carbocycles. The zero-order chi connectivity index (χ0) is 10.9. The summed E-state index contributed by atoms with van der Waals surface area (Å²) in [7, 11) is 0. The number of rotatable bonds is 8. The van der Waals surface area contributed by atoms with E-state index in [0.717, 1.165) is 12.8 Å². The fraction of sp³-hybridized carbons (Fsp3) is 0.917. The molecule has 0 aromatic carbocycles. The van der Waals surface area contributed by atoms with Crippen LogP contribution >= 0.6 is 0 Å². The fourth-order valence-electron chi connectivity index (χ4n) is 1.50. The van der Waals surface area contributed by atoms with Gasteiger partial charge in [-0.3, -0.25) is 10.6 Å². The Morgan fingerprint density at radius 1 is 1.07 bits per heavy atom. The number of nitrogens with zero attached hydrogens (tertiary/aromatic N) is 1. The Hall–Kier alpha value is -0.550. The topological polar surface area (TPSA) is 30.4 Å². The molecule has 1 atom stereocenters. The van der Waals surface area contributed by atoms with E-state index in [9.17, 15) is 0 Å². The molecule has 0 aliphatic rings. The van der Waals surface area contributed by atoms with Crippen molar-refractivity contribution in [2.75, 3.05) is 0 Å². The maximum absolute atomic E-state index is 6.88. The maximum atomic E-state index is 6.88. The van der Waals surface area contributed by atoms with Crippen LogP contribution in [0.2, 0.25) is 0 Å². The molecule has 82 valence electrons. The van der Waals surface area contributed by atoms with Crippen molar-refractivity contribution in [2.24, 2.45) is 5.73 Å². The van der Waals surface area contributed by atoms with Crippen LogP contribution in [0.4, 0.5) is 0 Å². The van der Waals surface area contributed by atoms with Crippen molar-refractivity contribution in [3.05, 3.63) is 11.4 Å².